The van der Waals surface area contributed by atoms with E-state index in [1.54, 1.807) is 36.5 Å². The fraction of sp³-hybridized carbons (Fsp3) is 0.286. The van der Waals surface area contributed by atoms with Gasteiger partial charge in [0.05, 0.1) is 41.3 Å². The minimum atomic E-state index is -0.357. The van der Waals surface area contributed by atoms with E-state index in [2.05, 4.69) is 10.3 Å². The maximum atomic E-state index is 11.6. The summed E-state index contributed by atoms with van der Waals surface area (Å²) in [6.45, 7) is 4.76. The smallest absolute Gasteiger partial charge is 0.338 e. The quantitative estimate of drug-likeness (QED) is 0.654. The summed E-state index contributed by atoms with van der Waals surface area (Å²) in [5.41, 5.74) is 10.6. The third-order valence-electron chi connectivity index (χ3n) is 2.85. The molecule has 20 heavy (non-hydrogen) atoms. The van der Waals surface area contributed by atoms with Gasteiger partial charge < -0.3 is 15.8 Å². The number of esters is 1. The number of carbonyl (C=O) groups excluding carboxylic acids is 1. The van der Waals surface area contributed by atoms with E-state index in [1.807, 2.05) is 12.4 Å². The first kappa shape index (κ1) is 14.3. The van der Waals surface area contributed by atoms with E-state index in [-0.39, 0.29) is 5.97 Å². The van der Waals surface area contributed by atoms with E-state index in [0.29, 0.717) is 24.4 Å². The Balaban J connectivity index is 2.06. The number of hydrogen-bond acceptors (Lipinski definition) is 6. The Kier molecular flexibility index (Phi) is 4.57. The zero-order valence-electron chi connectivity index (χ0n) is 11.5. The van der Waals surface area contributed by atoms with Crippen LogP contribution in [0.15, 0.2) is 23.7 Å². The number of nitrogen functional groups attached to an aromatic ring is 1. The molecular formula is C14H17N3O2S. The maximum Gasteiger partial charge on any atom is 0.338 e. The van der Waals surface area contributed by atoms with Gasteiger partial charge in [-0.15, -0.1) is 11.3 Å². The summed E-state index contributed by atoms with van der Waals surface area (Å²) < 4.78 is 4.94. The molecular weight excluding hydrogens is 274 g/mol. The van der Waals surface area contributed by atoms with Crippen molar-refractivity contribution in [3.8, 4) is 0 Å². The number of anilines is 2. The number of ether oxygens (including phenoxy) is 1. The molecule has 1 heterocycles. The van der Waals surface area contributed by atoms with E-state index in [1.165, 1.54) is 4.88 Å². The van der Waals surface area contributed by atoms with Crippen LogP contribution in [0.1, 0.15) is 27.9 Å². The molecule has 3 N–H and O–H groups in total. The van der Waals surface area contributed by atoms with Crippen molar-refractivity contribution >= 4 is 28.7 Å². The molecule has 106 valence electrons. The highest BCUT2D eigenvalue weighted by molar-refractivity contribution is 7.09. The predicted octanol–water partition coefficient (Wildman–Crippen LogP) is 2.82. The Morgan fingerprint density at radius 3 is 2.90 bits per heavy atom. The number of rotatable bonds is 5. The molecule has 2 rings (SSSR count). The van der Waals surface area contributed by atoms with Crippen molar-refractivity contribution in [3.63, 3.8) is 0 Å². The standard InChI is InChI=1S/C14H17N3O2S/c1-3-19-14(18)10-4-5-12(11(15)6-10)16-7-13-9(2)17-8-20-13/h4-6,8,16H,3,7,15H2,1-2H3. The molecule has 1 aromatic heterocycles. The van der Waals surface area contributed by atoms with Gasteiger partial charge in [0.2, 0.25) is 0 Å². The Bertz CT molecular complexity index is 610. The molecule has 1 aromatic carbocycles. The maximum absolute atomic E-state index is 11.6. The lowest BCUT2D eigenvalue weighted by Gasteiger charge is -2.10. The van der Waals surface area contributed by atoms with Gasteiger partial charge in [-0.3, -0.25) is 0 Å². The summed E-state index contributed by atoms with van der Waals surface area (Å²) in [5, 5.41) is 3.25. The number of aryl methyl sites for hydroxylation is 1. The van der Waals surface area contributed by atoms with Crippen LogP contribution in [0.5, 0.6) is 0 Å². The van der Waals surface area contributed by atoms with Crippen molar-refractivity contribution in [3.05, 3.63) is 39.8 Å². The summed E-state index contributed by atoms with van der Waals surface area (Å²) in [6.07, 6.45) is 0. The Morgan fingerprint density at radius 1 is 1.50 bits per heavy atom. The lowest BCUT2D eigenvalue weighted by molar-refractivity contribution is 0.0526. The zero-order chi connectivity index (χ0) is 14.5. The first-order valence-corrected chi connectivity index (χ1v) is 7.19. The summed E-state index contributed by atoms with van der Waals surface area (Å²) in [6, 6.07) is 5.12. The second-order valence-electron chi connectivity index (χ2n) is 4.24. The summed E-state index contributed by atoms with van der Waals surface area (Å²) >= 11 is 1.60. The van der Waals surface area contributed by atoms with Gasteiger partial charge in [-0.2, -0.15) is 0 Å². The molecule has 0 aliphatic carbocycles. The first-order chi connectivity index (χ1) is 9.61. The van der Waals surface area contributed by atoms with Gasteiger partial charge >= 0.3 is 5.97 Å². The molecule has 0 aliphatic rings. The van der Waals surface area contributed by atoms with Gasteiger partial charge in [0.1, 0.15) is 0 Å². The second kappa shape index (κ2) is 6.38. The van der Waals surface area contributed by atoms with Crippen molar-refractivity contribution in [2.24, 2.45) is 0 Å². The molecule has 0 fully saturated rings. The van der Waals surface area contributed by atoms with E-state index < -0.39 is 0 Å². The SMILES string of the molecule is CCOC(=O)c1ccc(NCc2scnc2C)c(N)c1. The van der Waals surface area contributed by atoms with Crippen molar-refractivity contribution < 1.29 is 9.53 Å². The average Bonchev–Trinajstić information content (AvgIpc) is 2.83. The molecule has 0 unspecified atom stereocenters. The molecule has 0 saturated carbocycles. The van der Waals surface area contributed by atoms with Gasteiger partial charge in [0.25, 0.3) is 0 Å². The van der Waals surface area contributed by atoms with Crippen molar-refractivity contribution in [1.82, 2.24) is 4.98 Å². The minimum Gasteiger partial charge on any atom is -0.462 e. The molecule has 0 saturated heterocycles. The van der Waals surface area contributed by atoms with Gasteiger partial charge in [0, 0.05) is 4.88 Å². The summed E-state index contributed by atoms with van der Waals surface area (Å²) in [5.74, 6) is -0.357. The van der Waals surface area contributed by atoms with Crippen LogP contribution in [-0.2, 0) is 11.3 Å². The molecule has 2 aromatic rings. The Morgan fingerprint density at radius 2 is 2.30 bits per heavy atom. The number of nitrogens with zero attached hydrogens (tertiary/aromatic N) is 1. The van der Waals surface area contributed by atoms with Crippen LogP contribution in [0.2, 0.25) is 0 Å². The average molecular weight is 291 g/mol. The molecule has 0 aliphatic heterocycles. The number of benzene rings is 1. The van der Waals surface area contributed by atoms with Crippen molar-refractivity contribution in [1.29, 1.82) is 0 Å². The third-order valence-corrected chi connectivity index (χ3v) is 3.78. The number of nitrogens with two attached hydrogens (primary N) is 1. The van der Waals surface area contributed by atoms with Crippen LogP contribution in [0.25, 0.3) is 0 Å². The monoisotopic (exact) mass is 291 g/mol. The van der Waals surface area contributed by atoms with Gasteiger partial charge in [-0.05, 0) is 32.0 Å². The molecule has 0 atom stereocenters. The van der Waals surface area contributed by atoms with E-state index >= 15 is 0 Å². The topological polar surface area (TPSA) is 77.2 Å². The molecule has 6 heteroatoms. The number of aromatic nitrogens is 1. The van der Waals surface area contributed by atoms with E-state index in [4.69, 9.17) is 10.5 Å². The largest absolute Gasteiger partial charge is 0.462 e. The zero-order valence-corrected chi connectivity index (χ0v) is 12.3. The lowest BCUT2D eigenvalue weighted by Crippen LogP contribution is -2.07. The fourth-order valence-electron chi connectivity index (χ4n) is 1.74. The van der Waals surface area contributed by atoms with Gasteiger partial charge in [0.15, 0.2) is 0 Å². The normalized spacial score (nSPS) is 10.3. The fourth-order valence-corrected chi connectivity index (χ4v) is 2.45. The first-order valence-electron chi connectivity index (χ1n) is 6.31. The lowest BCUT2D eigenvalue weighted by atomic mass is 10.1. The predicted molar refractivity (Wildman–Crippen MR) is 81.0 cm³/mol. The molecule has 0 bridgehead atoms. The van der Waals surface area contributed by atoms with Crippen LogP contribution < -0.4 is 11.1 Å². The van der Waals surface area contributed by atoms with Gasteiger partial charge in [-0.25, -0.2) is 9.78 Å². The number of carbonyl (C=O) groups is 1. The molecule has 0 spiro atoms. The summed E-state index contributed by atoms with van der Waals surface area (Å²) in [4.78, 5) is 17.0. The highest BCUT2D eigenvalue weighted by atomic mass is 32.1. The van der Waals surface area contributed by atoms with Crippen LogP contribution in [-0.4, -0.2) is 17.6 Å². The van der Waals surface area contributed by atoms with E-state index in [0.717, 1.165) is 11.4 Å². The number of nitrogens with one attached hydrogen (secondary N) is 1. The van der Waals surface area contributed by atoms with Crippen LogP contribution in [0.3, 0.4) is 0 Å². The molecule has 5 nitrogen and oxygen atoms in total. The van der Waals surface area contributed by atoms with Crippen molar-refractivity contribution in [2.45, 2.75) is 20.4 Å². The van der Waals surface area contributed by atoms with E-state index in [9.17, 15) is 4.79 Å². The molecule has 0 radical (unpaired) electrons. The van der Waals surface area contributed by atoms with Crippen LogP contribution >= 0.6 is 11.3 Å². The molecule has 0 amide bonds. The third kappa shape index (κ3) is 3.27. The highest BCUT2D eigenvalue weighted by Crippen LogP contribution is 2.22. The van der Waals surface area contributed by atoms with Crippen LogP contribution in [0, 0.1) is 6.92 Å². The minimum absolute atomic E-state index is 0.351. The second-order valence-corrected chi connectivity index (χ2v) is 5.18. The summed E-state index contributed by atoms with van der Waals surface area (Å²) in [7, 11) is 0. The highest BCUT2D eigenvalue weighted by Gasteiger charge is 2.09. The Hall–Kier alpha value is -2.08. The van der Waals surface area contributed by atoms with Crippen LogP contribution in [0.4, 0.5) is 11.4 Å². The van der Waals surface area contributed by atoms with Gasteiger partial charge in [-0.1, -0.05) is 0 Å². The van der Waals surface area contributed by atoms with Crippen molar-refractivity contribution in [2.75, 3.05) is 17.7 Å². The Labute approximate surface area is 121 Å². The number of thiazole rings is 1. The number of hydrogen-bond donors (Lipinski definition) is 2.